The Balaban J connectivity index is 1.86. The minimum Gasteiger partial charge on any atom is -0.331 e. The second kappa shape index (κ2) is 7.22. The molecule has 3 heterocycles. The van der Waals surface area contributed by atoms with Crippen LogP contribution in [0.25, 0.3) is 0 Å². The third-order valence-electron chi connectivity index (χ3n) is 7.00. The number of hydrogen-bond donors (Lipinski definition) is 0. The van der Waals surface area contributed by atoms with Crippen molar-refractivity contribution >= 4 is 23.6 Å². The van der Waals surface area contributed by atoms with E-state index in [-0.39, 0.29) is 36.7 Å². The van der Waals surface area contributed by atoms with Crippen molar-refractivity contribution in [3.05, 3.63) is 35.4 Å². The molecule has 160 valence electrons. The molecule has 7 heteroatoms. The SMILES string of the molecule is CCCCN1CC(=O)N2[C@H](c3ccc(C)cc3)[C@@H]3C(=O)N(CC)C(=O)[C@@H]3[C@]2(C)C1=O. The highest BCUT2D eigenvalue weighted by Crippen LogP contribution is 2.56. The maximum absolute atomic E-state index is 13.7. The molecular weight excluding hydrogens is 382 g/mol. The molecule has 0 saturated carbocycles. The summed E-state index contributed by atoms with van der Waals surface area (Å²) in [4.78, 5) is 57.9. The summed E-state index contributed by atoms with van der Waals surface area (Å²) < 4.78 is 0. The molecule has 4 atom stereocenters. The summed E-state index contributed by atoms with van der Waals surface area (Å²) in [6.45, 7) is 8.19. The number of piperazine rings is 1. The number of nitrogens with zero attached hydrogens (tertiary/aromatic N) is 3. The van der Waals surface area contributed by atoms with Crippen molar-refractivity contribution < 1.29 is 19.2 Å². The lowest BCUT2D eigenvalue weighted by Crippen LogP contribution is -2.67. The van der Waals surface area contributed by atoms with Crippen molar-refractivity contribution in [3.8, 4) is 0 Å². The molecule has 1 aromatic rings. The molecule has 0 unspecified atom stereocenters. The van der Waals surface area contributed by atoms with Gasteiger partial charge in [-0.3, -0.25) is 24.1 Å². The second-order valence-electron chi connectivity index (χ2n) is 8.77. The lowest BCUT2D eigenvalue weighted by molar-refractivity contribution is -0.167. The fourth-order valence-electron chi connectivity index (χ4n) is 5.50. The number of benzene rings is 1. The number of fused-ring (bicyclic) bond motifs is 3. The minimum absolute atomic E-state index is 0.00387. The summed E-state index contributed by atoms with van der Waals surface area (Å²) in [6.07, 6.45) is 1.69. The molecule has 3 aliphatic rings. The van der Waals surface area contributed by atoms with Gasteiger partial charge in [0, 0.05) is 13.1 Å². The average Bonchev–Trinajstić information content (AvgIpc) is 3.15. The number of amides is 4. The zero-order chi connectivity index (χ0) is 21.8. The first-order chi connectivity index (χ1) is 14.3. The monoisotopic (exact) mass is 411 g/mol. The van der Waals surface area contributed by atoms with Crippen molar-refractivity contribution in [2.45, 2.75) is 52.1 Å². The predicted octanol–water partition coefficient (Wildman–Crippen LogP) is 1.90. The molecule has 0 spiro atoms. The fourth-order valence-corrected chi connectivity index (χ4v) is 5.50. The van der Waals surface area contributed by atoms with Gasteiger partial charge in [0.05, 0.1) is 24.4 Å². The molecular formula is C23H29N3O4. The number of carbonyl (C=O) groups is 4. The largest absolute Gasteiger partial charge is 0.331 e. The summed E-state index contributed by atoms with van der Waals surface area (Å²) in [7, 11) is 0. The second-order valence-corrected chi connectivity index (χ2v) is 8.77. The zero-order valence-corrected chi connectivity index (χ0v) is 18.1. The van der Waals surface area contributed by atoms with Crippen LogP contribution in [0.1, 0.15) is 50.8 Å². The first-order valence-electron chi connectivity index (χ1n) is 10.8. The molecule has 3 fully saturated rings. The van der Waals surface area contributed by atoms with E-state index in [1.54, 1.807) is 23.6 Å². The molecule has 0 N–H and O–H groups in total. The maximum Gasteiger partial charge on any atom is 0.249 e. The molecule has 30 heavy (non-hydrogen) atoms. The Morgan fingerprint density at radius 3 is 2.30 bits per heavy atom. The van der Waals surface area contributed by atoms with Crippen LogP contribution >= 0.6 is 0 Å². The van der Waals surface area contributed by atoms with Crippen molar-refractivity contribution in [2.75, 3.05) is 19.6 Å². The van der Waals surface area contributed by atoms with Crippen LogP contribution in [0.15, 0.2) is 24.3 Å². The van der Waals surface area contributed by atoms with E-state index >= 15 is 0 Å². The maximum atomic E-state index is 13.7. The van der Waals surface area contributed by atoms with Crippen LogP contribution in [0, 0.1) is 18.8 Å². The van der Waals surface area contributed by atoms with E-state index in [4.69, 9.17) is 0 Å². The number of carbonyl (C=O) groups excluding carboxylic acids is 4. The van der Waals surface area contributed by atoms with Crippen LogP contribution in [0.3, 0.4) is 0 Å². The van der Waals surface area contributed by atoms with Gasteiger partial charge >= 0.3 is 0 Å². The van der Waals surface area contributed by atoms with Crippen molar-refractivity contribution in [1.82, 2.24) is 14.7 Å². The summed E-state index contributed by atoms with van der Waals surface area (Å²) in [6, 6.07) is 7.05. The molecule has 7 nitrogen and oxygen atoms in total. The van der Waals surface area contributed by atoms with E-state index in [1.807, 2.05) is 38.1 Å². The number of imide groups is 1. The Bertz CT molecular complexity index is 912. The molecule has 4 rings (SSSR count). The topological polar surface area (TPSA) is 78.0 Å². The standard InChI is InChI=1S/C23H29N3O4/c1-5-7-12-24-13-16(27)26-19(15-10-8-14(3)9-11-15)17-18(23(26,4)22(24)30)21(29)25(6-2)20(17)28/h8-11,17-19H,5-7,12-13H2,1-4H3/t17-,18-,19-,23-/m1/s1. The highest BCUT2D eigenvalue weighted by Gasteiger charge is 2.72. The van der Waals surface area contributed by atoms with Gasteiger partial charge in [0.25, 0.3) is 0 Å². The Labute approximate surface area is 177 Å². The van der Waals surface area contributed by atoms with E-state index in [9.17, 15) is 19.2 Å². The van der Waals surface area contributed by atoms with Gasteiger partial charge < -0.3 is 9.80 Å². The van der Waals surface area contributed by atoms with Gasteiger partial charge in [0.15, 0.2) is 0 Å². The van der Waals surface area contributed by atoms with E-state index in [0.717, 1.165) is 24.0 Å². The third-order valence-corrected chi connectivity index (χ3v) is 7.00. The van der Waals surface area contributed by atoms with Crippen molar-refractivity contribution in [3.63, 3.8) is 0 Å². The smallest absolute Gasteiger partial charge is 0.249 e. The molecule has 4 amide bonds. The van der Waals surface area contributed by atoms with E-state index in [2.05, 4.69) is 0 Å². The Kier molecular flexibility index (Phi) is 4.95. The minimum atomic E-state index is -1.35. The van der Waals surface area contributed by atoms with Gasteiger partial charge in [-0.15, -0.1) is 0 Å². The van der Waals surface area contributed by atoms with Gasteiger partial charge in [0.1, 0.15) is 5.54 Å². The highest BCUT2D eigenvalue weighted by atomic mass is 16.2. The lowest BCUT2D eigenvalue weighted by atomic mass is 9.79. The third kappa shape index (κ3) is 2.63. The van der Waals surface area contributed by atoms with Crippen LogP contribution < -0.4 is 0 Å². The van der Waals surface area contributed by atoms with Gasteiger partial charge in [-0.25, -0.2) is 0 Å². The molecule has 1 aromatic carbocycles. The first-order valence-corrected chi connectivity index (χ1v) is 10.8. The summed E-state index contributed by atoms with van der Waals surface area (Å²) in [5.74, 6) is -2.63. The Morgan fingerprint density at radius 2 is 1.70 bits per heavy atom. The Hall–Kier alpha value is -2.70. The molecule has 3 saturated heterocycles. The summed E-state index contributed by atoms with van der Waals surface area (Å²) >= 11 is 0. The quantitative estimate of drug-likeness (QED) is 0.694. The molecule has 0 bridgehead atoms. The van der Waals surface area contributed by atoms with Gasteiger partial charge in [-0.2, -0.15) is 0 Å². The fraction of sp³-hybridized carbons (Fsp3) is 0.565. The number of unbranched alkanes of at least 4 members (excludes halogenated alkanes) is 1. The highest BCUT2D eigenvalue weighted by molar-refractivity contribution is 6.12. The van der Waals surface area contributed by atoms with Gasteiger partial charge in [-0.1, -0.05) is 43.2 Å². The molecule has 0 aromatic heterocycles. The van der Waals surface area contributed by atoms with E-state index in [0.29, 0.717) is 6.54 Å². The molecule has 3 aliphatic heterocycles. The predicted molar refractivity (Wildman–Crippen MR) is 110 cm³/mol. The van der Waals surface area contributed by atoms with E-state index < -0.39 is 23.4 Å². The van der Waals surface area contributed by atoms with E-state index in [1.165, 1.54) is 4.90 Å². The lowest BCUT2D eigenvalue weighted by Gasteiger charge is -2.47. The summed E-state index contributed by atoms with van der Waals surface area (Å²) in [5, 5.41) is 0. The van der Waals surface area contributed by atoms with Crippen molar-refractivity contribution in [1.29, 1.82) is 0 Å². The van der Waals surface area contributed by atoms with Crippen LogP contribution in [-0.4, -0.2) is 63.5 Å². The average molecular weight is 412 g/mol. The number of likely N-dealkylation sites (tertiary alicyclic amines) is 1. The molecule has 0 radical (unpaired) electrons. The normalized spacial score (nSPS) is 30.9. The number of rotatable bonds is 5. The zero-order valence-electron chi connectivity index (χ0n) is 18.1. The van der Waals surface area contributed by atoms with Crippen LogP contribution in [0.5, 0.6) is 0 Å². The van der Waals surface area contributed by atoms with Gasteiger partial charge in [-0.05, 0) is 32.8 Å². The number of hydrogen-bond acceptors (Lipinski definition) is 4. The Morgan fingerprint density at radius 1 is 1.03 bits per heavy atom. The van der Waals surface area contributed by atoms with Crippen LogP contribution in [-0.2, 0) is 19.2 Å². The summed E-state index contributed by atoms with van der Waals surface area (Å²) in [5.41, 5.74) is 0.508. The van der Waals surface area contributed by atoms with Crippen LogP contribution in [0.2, 0.25) is 0 Å². The first kappa shape index (κ1) is 20.6. The molecule has 0 aliphatic carbocycles. The number of aryl methyl sites for hydroxylation is 1. The van der Waals surface area contributed by atoms with Crippen LogP contribution in [0.4, 0.5) is 0 Å². The van der Waals surface area contributed by atoms with Crippen molar-refractivity contribution in [2.24, 2.45) is 11.8 Å². The van der Waals surface area contributed by atoms with Gasteiger partial charge in [0.2, 0.25) is 23.6 Å².